The molecule has 19 heavy (non-hydrogen) atoms. The Balaban J connectivity index is 2.00. The number of carbonyl (C=O) groups excluding carboxylic acids is 2. The highest BCUT2D eigenvalue weighted by atomic mass is 16.2. The lowest BCUT2D eigenvalue weighted by atomic mass is 10.1. The third-order valence-electron chi connectivity index (χ3n) is 3.35. The summed E-state index contributed by atoms with van der Waals surface area (Å²) < 4.78 is 0. The minimum Gasteiger partial charge on any atom is -0.353 e. The summed E-state index contributed by atoms with van der Waals surface area (Å²) in [4.78, 5) is 25.1. The maximum atomic E-state index is 12.2. The highest BCUT2D eigenvalue weighted by Gasteiger charge is 2.21. The van der Waals surface area contributed by atoms with Crippen LogP contribution in [0.5, 0.6) is 0 Å². The van der Waals surface area contributed by atoms with Gasteiger partial charge in [0.1, 0.15) is 0 Å². The van der Waals surface area contributed by atoms with E-state index in [9.17, 15) is 9.59 Å². The van der Waals surface area contributed by atoms with Crippen molar-refractivity contribution < 1.29 is 9.59 Å². The van der Waals surface area contributed by atoms with Gasteiger partial charge in [-0.2, -0.15) is 0 Å². The van der Waals surface area contributed by atoms with Gasteiger partial charge in [-0.1, -0.05) is 25.5 Å². The normalized spacial score (nSPS) is 15.2. The molecule has 0 bridgehead atoms. The predicted molar refractivity (Wildman–Crippen MR) is 74.0 cm³/mol. The van der Waals surface area contributed by atoms with Crippen molar-refractivity contribution in [3.63, 3.8) is 0 Å². The largest absolute Gasteiger partial charge is 0.353 e. The maximum absolute atomic E-state index is 12.2. The van der Waals surface area contributed by atoms with E-state index in [4.69, 9.17) is 0 Å². The van der Waals surface area contributed by atoms with Crippen LogP contribution >= 0.6 is 0 Å². The topological polar surface area (TPSA) is 49.4 Å². The summed E-state index contributed by atoms with van der Waals surface area (Å²) in [5.74, 6) is -0.143. The Morgan fingerprint density at radius 1 is 1.32 bits per heavy atom. The van der Waals surface area contributed by atoms with Crippen LogP contribution in [-0.4, -0.2) is 36.3 Å². The zero-order valence-electron chi connectivity index (χ0n) is 11.3. The summed E-state index contributed by atoms with van der Waals surface area (Å²) in [6.45, 7) is 3.46. The van der Waals surface area contributed by atoms with Crippen LogP contribution in [0.15, 0.2) is 24.3 Å². The number of hydrogen-bond acceptors (Lipinski definition) is 2. The van der Waals surface area contributed by atoms with Crippen LogP contribution in [0.3, 0.4) is 0 Å². The number of piperazine rings is 1. The van der Waals surface area contributed by atoms with Crippen LogP contribution < -0.4 is 5.32 Å². The molecule has 1 heterocycles. The van der Waals surface area contributed by atoms with Crippen molar-refractivity contribution in [2.75, 3.05) is 19.6 Å². The van der Waals surface area contributed by atoms with Gasteiger partial charge >= 0.3 is 0 Å². The van der Waals surface area contributed by atoms with Crippen molar-refractivity contribution in [1.29, 1.82) is 0 Å². The molecule has 0 radical (unpaired) electrons. The molecule has 0 spiro atoms. The van der Waals surface area contributed by atoms with Crippen LogP contribution in [-0.2, 0) is 11.2 Å². The molecule has 4 heteroatoms. The molecule has 102 valence electrons. The zero-order valence-corrected chi connectivity index (χ0v) is 11.3. The van der Waals surface area contributed by atoms with Crippen LogP contribution in [0.25, 0.3) is 0 Å². The van der Waals surface area contributed by atoms with E-state index in [1.165, 1.54) is 18.4 Å². The molecule has 1 saturated heterocycles. The van der Waals surface area contributed by atoms with Crippen molar-refractivity contribution >= 4 is 11.8 Å². The van der Waals surface area contributed by atoms with E-state index in [0.717, 1.165) is 6.42 Å². The van der Waals surface area contributed by atoms with E-state index >= 15 is 0 Å². The molecule has 2 rings (SSSR count). The number of amides is 2. The summed E-state index contributed by atoms with van der Waals surface area (Å²) >= 11 is 0. The van der Waals surface area contributed by atoms with Gasteiger partial charge in [-0.25, -0.2) is 0 Å². The monoisotopic (exact) mass is 260 g/mol. The molecule has 0 atom stereocenters. The van der Waals surface area contributed by atoms with E-state index in [1.807, 2.05) is 24.3 Å². The standard InChI is InChI=1S/C15H20N2O2/c1-2-3-4-12-5-7-13(8-6-12)15(19)17-10-9-16-14(18)11-17/h5-8H,2-4,9-11H2,1H3,(H,16,18). The first-order valence-corrected chi connectivity index (χ1v) is 6.85. The van der Waals surface area contributed by atoms with Crippen molar-refractivity contribution in [3.05, 3.63) is 35.4 Å². The minimum absolute atomic E-state index is 0.0584. The molecule has 0 aliphatic carbocycles. The van der Waals surface area contributed by atoms with Crippen LogP contribution in [0.2, 0.25) is 0 Å². The van der Waals surface area contributed by atoms with Crippen molar-refractivity contribution in [3.8, 4) is 0 Å². The first kappa shape index (κ1) is 13.6. The van der Waals surface area contributed by atoms with Gasteiger partial charge in [0, 0.05) is 18.7 Å². The Morgan fingerprint density at radius 3 is 2.68 bits per heavy atom. The predicted octanol–water partition coefficient (Wildman–Crippen LogP) is 1.60. The summed E-state index contributed by atoms with van der Waals surface area (Å²) in [6.07, 6.45) is 3.39. The average molecular weight is 260 g/mol. The lowest BCUT2D eigenvalue weighted by Gasteiger charge is -2.26. The Kier molecular flexibility index (Phi) is 4.55. The van der Waals surface area contributed by atoms with Crippen LogP contribution in [0.1, 0.15) is 35.7 Å². The number of benzene rings is 1. The van der Waals surface area contributed by atoms with E-state index in [2.05, 4.69) is 12.2 Å². The van der Waals surface area contributed by atoms with E-state index in [0.29, 0.717) is 18.7 Å². The van der Waals surface area contributed by atoms with Gasteiger partial charge in [0.2, 0.25) is 5.91 Å². The number of nitrogens with zero attached hydrogens (tertiary/aromatic N) is 1. The molecule has 2 amide bonds. The number of carbonyl (C=O) groups is 2. The van der Waals surface area contributed by atoms with Crippen molar-refractivity contribution in [2.45, 2.75) is 26.2 Å². The number of hydrogen-bond donors (Lipinski definition) is 1. The van der Waals surface area contributed by atoms with Gasteiger partial charge < -0.3 is 10.2 Å². The molecule has 0 saturated carbocycles. The fraction of sp³-hybridized carbons (Fsp3) is 0.467. The fourth-order valence-corrected chi connectivity index (χ4v) is 2.19. The molecular weight excluding hydrogens is 240 g/mol. The third kappa shape index (κ3) is 3.56. The Bertz CT molecular complexity index is 454. The lowest BCUT2D eigenvalue weighted by molar-refractivity contribution is -0.123. The molecule has 0 aromatic heterocycles. The number of unbranched alkanes of at least 4 members (excludes halogenated alkanes) is 1. The van der Waals surface area contributed by atoms with Crippen LogP contribution in [0.4, 0.5) is 0 Å². The Hall–Kier alpha value is -1.84. The van der Waals surface area contributed by atoms with Gasteiger partial charge in [0.15, 0.2) is 0 Å². The zero-order chi connectivity index (χ0) is 13.7. The molecule has 0 unspecified atom stereocenters. The average Bonchev–Trinajstić information content (AvgIpc) is 2.45. The Morgan fingerprint density at radius 2 is 2.05 bits per heavy atom. The third-order valence-corrected chi connectivity index (χ3v) is 3.35. The first-order valence-electron chi connectivity index (χ1n) is 6.85. The van der Waals surface area contributed by atoms with Gasteiger partial charge in [0.05, 0.1) is 6.54 Å². The molecule has 1 aromatic rings. The summed E-state index contributed by atoms with van der Waals surface area (Å²) in [5, 5.41) is 2.72. The summed E-state index contributed by atoms with van der Waals surface area (Å²) in [6, 6.07) is 7.74. The SMILES string of the molecule is CCCCc1ccc(C(=O)N2CCNC(=O)C2)cc1. The molecule has 1 aliphatic rings. The second-order valence-electron chi connectivity index (χ2n) is 4.88. The van der Waals surface area contributed by atoms with Crippen molar-refractivity contribution in [1.82, 2.24) is 10.2 Å². The first-order chi connectivity index (χ1) is 9.20. The smallest absolute Gasteiger partial charge is 0.254 e. The number of rotatable bonds is 4. The van der Waals surface area contributed by atoms with E-state index < -0.39 is 0 Å². The minimum atomic E-state index is -0.0841. The summed E-state index contributed by atoms with van der Waals surface area (Å²) in [7, 11) is 0. The molecule has 1 aromatic carbocycles. The Labute approximate surface area is 113 Å². The quantitative estimate of drug-likeness (QED) is 0.894. The van der Waals surface area contributed by atoms with Gasteiger partial charge in [-0.15, -0.1) is 0 Å². The number of aryl methyl sites for hydroxylation is 1. The van der Waals surface area contributed by atoms with Gasteiger partial charge in [-0.05, 0) is 30.5 Å². The highest BCUT2D eigenvalue weighted by Crippen LogP contribution is 2.10. The second-order valence-corrected chi connectivity index (χ2v) is 4.88. The van der Waals surface area contributed by atoms with Gasteiger partial charge in [0.25, 0.3) is 5.91 Å². The molecule has 1 aliphatic heterocycles. The maximum Gasteiger partial charge on any atom is 0.254 e. The summed E-state index contributed by atoms with van der Waals surface area (Å²) in [5.41, 5.74) is 1.92. The van der Waals surface area contributed by atoms with E-state index in [-0.39, 0.29) is 18.4 Å². The fourth-order valence-electron chi connectivity index (χ4n) is 2.19. The van der Waals surface area contributed by atoms with Crippen molar-refractivity contribution in [2.24, 2.45) is 0 Å². The number of nitrogens with one attached hydrogen (secondary N) is 1. The second kappa shape index (κ2) is 6.36. The molecule has 1 N–H and O–H groups in total. The van der Waals surface area contributed by atoms with Crippen LogP contribution in [0, 0.1) is 0 Å². The highest BCUT2D eigenvalue weighted by molar-refractivity contribution is 5.97. The van der Waals surface area contributed by atoms with E-state index in [1.54, 1.807) is 4.90 Å². The van der Waals surface area contributed by atoms with Gasteiger partial charge in [-0.3, -0.25) is 9.59 Å². The lowest BCUT2D eigenvalue weighted by Crippen LogP contribution is -2.49. The molecule has 1 fully saturated rings. The molecular formula is C15H20N2O2. The molecule has 4 nitrogen and oxygen atoms in total.